The van der Waals surface area contributed by atoms with Crippen molar-refractivity contribution in [3.63, 3.8) is 0 Å². The molecule has 0 aliphatic rings. The highest BCUT2D eigenvalue weighted by molar-refractivity contribution is 7.10. The summed E-state index contributed by atoms with van der Waals surface area (Å²) in [6.45, 7) is 3.75. The maximum Gasteiger partial charge on any atom is 0.490 e. The molecular weight excluding hydrogens is 537 g/mol. The molecule has 4 N–H and O–H groups in total. The molecule has 0 aliphatic carbocycles. The van der Waals surface area contributed by atoms with Crippen LogP contribution in [0.2, 0.25) is 5.02 Å². The first-order valence-electron chi connectivity index (χ1n) is 10.5. The molecule has 37 heavy (non-hydrogen) atoms. The Bertz CT molecular complexity index is 1390. The average molecular weight is 557 g/mol. The predicted molar refractivity (Wildman–Crippen MR) is 132 cm³/mol. The van der Waals surface area contributed by atoms with Crippen molar-refractivity contribution in [1.29, 1.82) is 0 Å². The van der Waals surface area contributed by atoms with E-state index in [9.17, 15) is 18.0 Å². The molecule has 10 nitrogen and oxygen atoms in total. The number of anilines is 2. The third-order valence-corrected chi connectivity index (χ3v) is 5.42. The summed E-state index contributed by atoms with van der Waals surface area (Å²) in [7, 11) is 0. The van der Waals surface area contributed by atoms with Gasteiger partial charge in [0, 0.05) is 28.5 Å². The number of nitrogens with zero attached hydrogens (tertiary/aromatic N) is 3. The van der Waals surface area contributed by atoms with Crippen LogP contribution in [0.25, 0.3) is 22.3 Å². The standard InChI is InChI=1S/C20H19ClN6O2S.C2HF3O2/c1-11(2)23-17(28)10-29-13-5-3-4-12(8-13)19-25-20(30-27-19)24-16-7-6-15-14(18(16)21)9-22-26-15;3-2(4,5)1(6)7/h3-9,11H,10H2,1-2H3,(H,22,26)(H,23,28)(H,24,25,27);(H,6,7). The third-order valence-electron chi connectivity index (χ3n) is 4.38. The number of H-pyrrole nitrogens is 1. The fourth-order valence-electron chi connectivity index (χ4n) is 2.82. The molecule has 0 radical (unpaired) electrons. The summed E-state index contributed by atoms with van der Waals surface area (Å²) in [5, 5.41) is 22.0. The maximum absolute atomic E-state index is 11.8. The smallest absolute Gasteiger partial charge is 0.484 e. The molecule has 2 aromatic carbocycles. The van der Waals surface area contributed by atoms with Gasteiger partial charge in [-0.15, -0.1) is 0 Å². The van der Waals surface area contributed by atoms with E-state index in [4.69, 9.17) is 26.2 Å². The summed E-state index contributed by atoms with van der Waals surface area (Å²) in [6, 6.07) is 11.1. The van der Waals surface area contributed by atoms with Crippen LogP contribution in [0.5, 0.6) is 5.75 Å². The average Bonchev–Trinajstić information content (AvgIpc) is 3.49. The number of hydrogen-bond acceptors (Lipinski definition) is 8. The fourth-order valence-corrected chi connectivity index (χ4v) is 3.69. The van der Waals surface area contributed by atoms with E-state index >= 15 is 0 Å². The molecule has 0 spiro atoms. The van der Waals surface area contributed by atoms with E-state index in [1.807, 2.05) is 38.1 Å². The zero-order valence-electron chi connectivity index (χ0n) is 19.3. The van der Waals surface area contributed by atoms with E-state index < -0.39 is 12.1 Å². The van der Waals surface area contributed by atoms with Crippen molar-refractivity contribution in [3.8, 4) is 17.1 Å². The summed E-state index contributed by atoms with van der Waals surface area (Å²) >= 11 is 7.68. The summed E-state index contributed by atoms with van der Waals surface area (Å²) < 4.78 is 41.7. The van der Waals surface area contributed by atoms with Gasteiger partial charge in [-0.05, 0) is 38.1 Å². The lowest BCUT2D eigenvalue weighted by atomic mass is 10.2. The Morgan fingerprint density at radius 2 is 1.97 bits per heavy atom. The summed E-state index contributed by atoms with van der Waals surface area (Å²) in [5.41, 5.74) is 2.38. The first-order chi connectivity index (χ1) is 17.4. The minimum absolute atomic E-state index is 0.0477. The van der Waals surface area contributed by atoms with E-state index in [-0.39, 0.29) is 18.6 Å². The quantitative estimate of drug-likeness (QED) is 0.249. The number of fused-ring (bicyclic) bond motifs is 1. The summed E-state index contributed by atoms with van der Waals surface area (Å²) in [5.74, 6) is -1.79. The zero-order chi connectivity index (χ0) is 27.2. The van der Waals surface area contributed by atoms with Crippen LogP contribution in [0.1, 0.15) is 13.8 Å². The Morgan fingerprint density at radius 3 is 2.65 bits per heavy atom. The van der Waals surface area contributed by atoms with Gasteiger partial charge >= 0.3 is 12.1 Å². The number of amides is 1. The van der Waals surface area contributed by atoms with Gasteiger partial charge in [-0.3, -0.25) is 9.89 Å². The van der Waals surface area contributed by atoms with Crippen LogP contribution in [0.4, 0.5) is 24.0 Å². The van der Waals surface area contributed by atoms with Crippen LogP contribution in [0.3, 0.4) is 0 Å². The van der Waals surface area contributed by atoms with Crippen molar-refractivity contribution < 1.29 is 32.6 Å². The first kappa shape index (κ1) is 27.7. The Hall–Kier alpha value is -3.91. The van der Waals surface area contributed by atoms with Crippen molar-refractivity contribution in [3.05, 3.63) is 47.6 Å². The Morgan fingerprint density at radius 1 is 1.24 bits per heavy atom. The van der Waals surface area contributed by atoms with Gasteiger partial charge in [-0.2, -0.15) is 27.6 Å². The highest BCUT2D eigenvalue weighted by atomic mass is 35.5. The van der Waals surface area contributed by atoms with E-state index in [0.717, 1.165) is 22.2 Å². The van der Waals surface area contributed by atoms with Gasteiger partial charge in [0.2, 0.25) is 5.13 Å². The number of aromatic nitrogens is 4. The number of hydrogen-bond donors (Lipinski definition) is 4. The molecule has 0 fully saturated rings. The molecular formula is C22H20ClF3N6O4S. The largest absolute Gasteiger partial charge is 0.490 e. The number of halogens is 4. The number of alkyl halides is 3. The normalized spacial score (nSPS) is 11.1. The van der Waals surface area contributed by atoms with Gasteiger partial charge in [0.1, 0.15) is 5.75 Å². The van der Waals surface area contributed by atoms with Crippen molar-refractivity contribution in [2.24, 2.45) is 0 Å². The second kappa shape index (κ2) is 11.9. The molecule has 0 bridgehead atoms. The van der Waals surface area contributed by atoms with Gasteiger partial charge in [0.15, 0.2) is 12.4 Å². The lowest BCUT2D eigenvalue weighted by Gasteiger charge is -2.10. The molecule has 4 aromatic rings. The number of nitrogens with one attached hydrogen (secondary N) is 3. The van der Waals surface area contributed by atoms with Crippen molar-refractivity contribution in [2.45, 2.75) is 26.1 Å². The fraction of sp³-hybridized carbons (Fsp3) is 0.227. The van der Waals surface area contributed by atoms with Crippen molar-refractivity contribution in [2.75, 3.05) is 11.9 Å². The van der Waals surface area contributed by atoms with Crippen molar-refractivity contribution in [1.82, 2.24) is 24.9 Å². The Balaban J connectivity index is 0.000000479. The summed E-state index contributed by atoms with van der Waals surface area (Å²) in [4.78, 5) is 25.2. The van der Waals surface area contributed by atoms with Gasteiger partial charge in [-0.25, -0.2) is 4.79 Å². The van der Waals surface area contributed by atoms with Gasteiger partial charge in [-0.1, -0.05) is 23.7 Å². The minimum atomic E-state index is -5.08. The van der Waals surface area contributed by atoms with Crippen LogP contribution in [-0.2, 0) is 9.59 Å². The molecule has 4 rings (SSSR count). The van der Waals surface area contributed by atoms with E-state index in [2.05, 4.69) is 30.2 Å². The number of carboxylic acid groups (broad SMARTS) is 1. The zero-order valence-corrected chi connectivity index (χ0v) is 20.8. The Kier molecular flexibility index (Phi) is 8.89. The topological polar surface area (TPSA) is 142 Å². The second-order valence-corrected chi connectivity index (χ2v) is 8.78. The number of aliphatic carboxylic acids is 1. The second-order valence-electron chi connectivity index (χ2n) is 7.65. The highest BCUT2D eigenvalue weighted by Gasteiger charge is 2.38. The number of benzene rings is 2. The van der Waals surface area contributed by atoms with E-state index in [1.54, 1.807) is 18.3 Å². The number of rotatable bonds is 7. The maximum atomic E-state index is 11.8. The lowest BCUT2D eigenvalue weighted by molar-refractivity contribution is -0.192. The monoisotopic (exact) mass is 556 g/mol. The number of carbonyl (C=O) groups excluding carboxylic acids is 1. The molecule has 2 heterocycles. The molecule has 0 aliphatic heterocycles. The van der Waals surface area contributed by atoms with Crippen molar-refractivity contribution >= 4 is 56.7 Å². The number of aromatic amines is 1. The molecule has 0 atom stereocenters. The van der Waals surface area contributed by atoms with Crippen LogP contribution in [0.15, 0.2) is 42.6 Å². The third kappa shape index (κ3) is 7.79. The van der Waals surface area contributed by atoms with Gasteiger partial charge in [0.25, 0.3) is 5.91 Å². The number of carbonyl (C=O) groups is 2. The van der Waals surface area contributed by atoms with E-state index in [0.29, 0.717) is 21.7 Å². The predicted octanol–water partition coefficient (Wildman–Crippen LogP) is 5.02. The first-order valence-corrected chi connectivity index (χ1v) is 11.6. The number of carboxylic acids is 1. The van der Waals surface area contributed by atoms with Crippen LogP contribution in [0, 0.1) is 0 Å². The van der Waals surface area contributed by atoms with Crippen LogP contribution >= 0.6 is 23.1 Å². The molecule has 2 aromatic heterocycles. The van der Waals surface area contributed by atoms with E-state index in [1.165, 1.54) is 11.5 Å². The molecule has 196 valence electrons. The summed E-state index contributed by atoms with van der Waals surface area (Å²) in [6.07, 6.45) is -3.40. The van der Waals surface area contributed by atoms with Gasteiger partial charge < -0.3 is 20.5 Å². The van der Waals surface area contributed by atoms with Gasteiger partial charge in [0.05, 0.1) is 22.4 Å². The molecule has 0 saturated heterocycles. The highest BCUT2D eigenvalue weighted by Crippen LogP contribution is 2.33. The molecule has 15 heteroatoms. The Labute approximate surface area is 217 Å². The minimum Gasteiger partial charge on any atom is -0.484 e. The van der Waals surface area contributed by atoms with Crippen LogP contribution in [-0.4, -0.2) is 55.4 Å². The SMILES string of the molecule is CC(C)NC(=O)COc1cccc(-c2nsc(Nc3ccc4[nH]ncc4c3Cl)n2)c1.O=C(O)C(F)(F)F. The lowest BCUT2D eigenvalue weighted by Crippen LogP contribution is -2.34. The molecule has 0 saturated carbocycles. The number of ether oxygens (including phenoxy) is 1. The van der Waals surface area contributed by atoms with Crippen LogP contribution < -0.4 is 15.4 Å². The molecule has 1 amide bonds. The molecule has 0 unspecified atom stereocenters.